The minimum absolute atomic E-state index is 0.0541. The van der Waals surface area contributed by atoms with Crippen LogP contribution in [0.1, 0.15) is 32.6 Å². The van der Waals surface area contributed by atoms with Crippen molar-refractivity contribution in [3.63, 3.8) is 0 Å². The number of fused-ring (bicyclic) bond motifs is 1. The first kappa shape index (κ1) is 17.5. The summed E-state index contributed by atoms with van der Waals surface area (Å²) >= 11 is 0. The Labute approximate surface area is 138 Å². The summed E-state index contributed by atoms with van der Waals surface area (Å²) in [6.45, 7) is 10.3. The number of esters is 1. The van der Waals surface area contributed by atoms with Gasteiger partial charge in [0.1, 0.15) is 6.61 Å². The van der Waals surface area contributed by atoms with E-state index in [-0.39, 0.29) is 24.4 Å². The molecule has 0 bridgehead atoms. The van der Waals surface area contributed by atoms with Crippen molar-refractivity contribution < 1.29 is 14.6 Å². The number of ether oxygens (including phenoxy) is 1. The van der Waals surface area contributed by atoms with Crippen LogP contribution in [0, 0.1) is 11.8 Å². The van der Waals surface area contributed by atoms with E-state index in [4.69, 9.17) is 9.84 Å². The van der Waals surface area contributed by atoms with Gasteiger partial charge in [-0.3, -0.25) is 4.79 Å². The maximum absolute atomic E-state index is 12.3. The molecule has 1 N–H and O–H groups in total. The van der Waals surface area contributed by atoms with Crippen LogP contribution >= 0.6 is 0 Å². The van der Waals surface area contributed by atoms with Crippen molar-refractivity contribution in [1.82, 2.24) is 0 Å². The van der Waals surface area contributed by atoms with Crippen molar-refractivity contribution in [2.24, 2.45) is 11.8 Å². The van der Waals surface area contributed by atoms with Crippen molar-refractivity contribution in [3.8, 4) is 0 Å². The molecule has 0 aromatic rings. The number of hydrogen-bond donors (Lipinski definition) is 1. The Balaban J connectivity index is 2.26. The molecule has 2 aliphatic rings. The van der Waals surface area contributed by atoms with E-state index in [9.17, 15) is 4.79 Å². The first-order chi connectivity index (χ1) is 11.0. The maximum atomic E-state index is 12.3. The summed E-state index contributed by atoms with van der Waals surface area (Å²) < 4.78 is 5.39. The molecule has 1 fully saturated rings. The van der Waals surface area contributed by atoms with Crippen LogP contribution in [0.25, 0.3) is 0 Å². The number of aliphatic hydroxyl groups excluding tert-OH is 1. The van der Waals surface area contributed by atoms with Gasteiger partial charge in [-0.25, -0.2) is 0 Å². The Kier molecular flexibility index (Phi) is 6.17. The fourth-order valence-corrected chi connectivity index (χ4v) is 3.21. The molecule has 3 nitrogen and oxygen atoms in total. The van der Waals surface area contributed by atoms with Crippen LogP contribution in [0.3, 0.4) is 0 Å². The van der Waals surface area contributed by atoms with Gasteiger partial charge in [-0.1, -0.05) is 48.6 Å². The highest BCUT2D eigenvalue weighted by Gasteiger charge is 2.38. The van der Waals surface area contributed by atoms with Gasteiger partial charge in [0, 0.05) is 5.92 Å². The van der Waals surface area contributed by atoms with Crippen LogP contribution < -0.4 is 0 Å². The van der Waals surface area contributed by atoms with Gasteiger partial charge in [-0.15, -0.1) is 0 Å². The van der Waals surface area contributed by atoms with Crippen LogP contribution in [0.4, 0.5) is 0 Å². The zero-order valence-electron chi connectivity index (χ0n) is 13.9. The number of hydrogen-bond acceptors (Lipinski definition) is 3. The quantitative estimate of drug-likeness (QED) is 0.488. The van der Waals surface area contributed by atoms with Crippen molar-refractivity contribution in [1.29, 1.82) is 0 Å². The molecule has 1 aliphatic carbocycles. The van der Waals surface area contributed by atoms with Gasteiger partial charge in [0.2, 0.25) is 0 Å². The molecule has 0 saturated carbocycles. The van der Waals surface area contributed by atoms with Crippen molar-refractivity contribution in [2.75, 3.05) is 13.2 Å². The molecular weight excluding hydrogens is 288 g/mol. The highest BCUT2D eigenvalue weighted by Crippen LogP contribution is 2.38. The van der Waals surface area contributed by atoms with Crippen molar-refractivity contribution in [3.05, 3.63) is 59.8 Å². The summed E-state index contributed by atoms with van der Waals surface area (Å²) in [5.41, 5.74) is 4.12. The molecule has 124 valence electrons. The van der Waals surface area contributed by atoms with Gasteiger partial charge in [0.25, 0.3) is 0 Å². The summed E-state index contributed by atoms with van der Waals surface area (Å²) in [6.07, 6.45) is 11.6. The predicted octanol–water partition coefficient (Wildman–Crippen LogP) is 3.88. The second kappa shape index (κ2) is 8.11. The van der Waals surface area contributed by atoms with E-state index < -0.39 is 0 Å². The Hall–Kier alpha value is -1.87. The Morgan fingerprint density at radius 2 is 2.26 bits per heavy atom. The second-order valence-corrected chi connectivity index (χ2v) is 6.40. The third-order valence-electron chi connectivity index (χ3n) is 4.61. The Morgan fingerprint density at radius 3 is 3.00 bits per heavy atom. The van der Waals surface area contributed by atoms with Crippen LogP contribution in [0.2, 0.25) is 0 Å². The average Bonchev–Trinajstić information content (AvgIpc) is 2.60. The lowest BCUT2D eigenvalue weighted by Gasteiger charge is -2.33. The van der Waals surface area contributed by atoms with Crippen LogP contribution in [0.5, 0.6) is 0 Å². The first-order valence-electron chi connectivity index (χ1n) is 8.18. The fourth-order valence-electron chi connectivity index (χ4n) is 3.21. The van der Waals surface area contributed by atoms with Gasteiger partial charge < -0.3 is 9.84 Å². The van der Waals surface area contributed by atoms with E-state index in [1.165, 1.54) is 5.57 Å². The number of carbonyl (C=O) groups is 1. The molecule has 2 rings (SSSR count). The smallest absolute Gasteiger partial charge is 0.313 e. The lowest BCUT2D eigenvalue weighted by Crippen LogP contribution is -2.35. The van der Waals surface area contributed by atoms with Gasteiger partial charge >= 0.3 is 5.97 Å². The summed E-state index contributed by atoms with van der Waals surface area (Å²) in [5, 5.41) is 9.00. The number of carbonyl (C=O) groups excluding carboxylic acids is 1. The number of rotatable bonds is 3. The zero-order chi connectivity index (χ0) is 16.8. The standard InChI is InChI=1S/C20H26O3/c1-14-6-4-8-16(3)19-18(11-10-14)17(13-23-20(19)22)9-5-7-15(2)12-21/h5-7,9,18-19,21H,2-4,8,10-13H2,1H3/b7-5+,14-6+,17-9+/t18-,19+/m1/s1. The number of aliphatic hydroxyl groups is 1. The average molecular weight is 314 g/mol. The largest absolute Gasteiger partial charge is 0.461 e. The minimum atomic E-state index is -0.233. The highest BCUT2D eigenvalue weighted by molar-refractivity contribution is 5.78. The van der Waals surface area contributed by atoms with Gasteiger partial charge in [-0.05, 0) is 43.8 Å². The summed E-state index contributed by atoms with van der Waals surface area (Å²) in [5.74, 6) is -0.221. The molecule has 3 heteroatoms. The molecule has 1 heterocycles. The normalized spacial score (nSPS) is 30.0. The van der Waals surface area contributed by atoms with Crippen LogP contribution in [0.15, 0.2) is 59.8 Å². The molecule has 0 amide bonds. The third kappa shape index (κ3) is 4.55. The fraction of sp³-hybridized carbons (Fsp3) is 0.450. The lowest BCUT2D eigenvalue weighted by molar-refractivity contribution is -0.151. The predicted molar refractivity (Wildman–Crippen MR) is 92.8 cm³/mol. The molecule has 0 aromatic carbocycles. The van der Waals surface area contributed by atoms with E-state index in [2.05, 4.69) is 26.2 Å². The SMILES string of the molecule is C=C(/C=C/C=C1\COC(=O)[C@H]2C(=C)CC/C=C(\C)CC[C@H]12)CO. The molecule has 2 atom stereocenters. The Morgan fingerprint density at radius 1 is 1.48 bits per heavy atom. The molecule has 0 radical (unpaired) electrons. The highest BCUT2D eigenvalue weighted by atomic mass is 16.5. The van der Waals surface area contributed by atoms with Crippen LogP contribution in [-0.2, 0) is 9.53 Å². The third-order valence-corrected chi connectivity index (χ3v) is 4.61. The molecule has 0 unspecified atom stereocenters. The summed E-state index contributed by atoms with van der Waals surface area (Å²) in [7, 11) is 0. The van der Waals surface area contributed by atoms with E-state index in [0.717, 1.165) is 36.8 Å². The van der Waals surface area contributed by atoms with Gasteiger partial charge in [0.05, 0.1) is 12.5 Å². The van der Waals surface area contributed by atoms with Crippen molar-refractivity contribution in [2.45, 2.75) is 32.6 Å². The van der Waals surface area contributed by atoms with Crippen molar-refractivity contribution >= 4 is 5.97 Å². The first-order valence-corrected chi connectivity index (χ1v) is 8.18. The van der Waals surface area contributed by atoms with E-state index >= 15 is 0 Å². The molecule has 23 heavy (non-hydrogen) atoms. The minimum Gasteiger partial charge on any atom is -0.461 e. The monoisotopic (exact) mass is 314 g/mol. The molecule has 1 saturated heterocycles. The molecule has 1 aliphatic heterocycles. The maximum Gasteiger partial charge on any atom is 0.313 e. The van der Waals surface area contributed by atoms with E-state index in [0.29, 0.717) is 12.2 Å². The van der Waals surface area contributed by atoms with E-state index in [1.54, 1.807) is 6.08 Å². The molecular formula is C20H26O3. The molecule has 0 spiro atoms. The second-order valence-electron chi connectivity index (χ2n) is 6.40. The number of allylic oxidation sites excluding steroid dienone is 4. The van der Waals surface area contributed by atoms with Gasteiger partial charge in [0.15, 0.2) is 0 Å². The van der Waals surface area contributed by atoms with E-state index in [1.807, 2.05) is 12.2 Å². The number of cyclic esters (lactones) is 1. The lowest BCUT2D eigenvalue weighted by atomic mass is 9.76. The summed E-state index contributed by atoms with van der Waals surface area (Å²) in [4.78, 5) is 12.3. The topological polar surface area (TPSA) is 46.5 Å². The molecule has 0 aromatic heterocycles. The van der Waals surface area contributed by atoms with Crippen LogP contribution in [-0.4, -0.2) is 24.3 Å². The summed E-state index contributed by atoms with van der Waals surface area (Å²) in [6, 6.07) is 0. The zero-order valence-corrected chi connectivity index (χ0v) is 13.9. The Bertz CT molecular complexity index is 578. The van der Waals surface area contributed by atoms with Gasteiger partial charge in [-0.2, -0.15) is 0 Å².